The minimum absolute atomic E-state index is 0.107. The zero-order valence-electron chi connectivity index (χ0n) is 12.3. The van der Waals surface area contributed by atoms with Crippen LogP contribution < -0.4 is 21.3 Å². The number of aromatic nitrogens is 2. The quantitative estimate of drug-likeness (QED) is 0.497. The van der Waals surface area contributed by atoms with E-state index in [1.165, 1.54) is 6.33 Å². The number of nitrogens with one attached hydrogen (secondary N) is 2. The average Bonchev–Trinajstić information content (AvgIpc) is 2.34. The van der Waals surface area contributed by atoms with Crippen molar-refractivity contribution in [2.24, 2.45) is 11.3 Å². The van der Waals surface area contributed by atoms with Gasteiger partial charge in [-0.05, 0) is 19.5 Å². The van der Waals surface area contributed by atoms with Crippen LogP contribution >= 0.6 is 0 Å². The highest BCUT2D eigenvalue weighted by molar-refractivity contribution is 5.63. The normalized spacial score (nSPS) is 11.5. The van der Waals surface area contributed by atoms with Crippen molar-refractivity contribution in [3.63, 3.8) is 0 Å². The molecular formula is C12H24N6O. The van der Waals surface area contributed by atoms with Crippen molar-refractivity contribution in [2.75, 3.05) is 45.0 Å². The third-order valence-corrected chi connectivity index (χ3v) is 2.62. The van der Waals surface area contributed by atoms with E-state index in [0.717, 1.165) is 13.1 Å². The molecule has 7 heteroatoms. The van der Waals surface area contributed by atoms with Crippen molar-refractivity contribution >= 4 is 11.6 Å². The van der Waals surface area contributed by atoms with E-state index in [9.17, 15) is 0 Å². The van der Waals surface area contributed by atoms with Gasteiger partial charge >= 0.3 is 0 Å². The summed E-state index contributed by atoms with van der Waals surface area (Å²) >= 11 is 0. The molecule has 1 aromatic rings. The molecule has 0 bridgehead atoms. The lowest BCUT2D eigenvalue weighted by Crippen LogP contribution is -2.34. The SMILES string of the molecule is COc1c(NN)ncnc1NCC(C)(C)CN(C)C. The van der Waals surface area contributed by atoms with E-state index in [4.69, 9.17) is 10.6 Å². The molecule has 1 heterocycles. The number of hydrazine groups is 1. The van der Waals surface area contributed by atoms with Gasteiger partial charge in [0.1, 0.15) is 6.33 Å². The maximum Gasteiger partial charge on any atom is 0.205 e. The molecule has 19 heavy (non-hydrogen) atoms. The van der Waals surface area contributed by atoms with Crippen LogP contribution in [0.15, 0.2) is 6.33 Å². The molecule has 7 nitrogen and oxygen atoms in total. The summed E-state index contributed by atoms with van der Waals surface area (Å²) < 4.78 is 5.27. The van der Waals surface area contributed by atoms with E-state index >= 15 is 0 Å². The van der Waals surface area contributed by atoms with Gasteiger partial charge in [-0.25, -0.2) is 15.8 Å². The Bertz CT molecular complexity index is 407. The largest absolute Gasteiger partial charge is 0.490 e. The van der Waals surface area contributed by atoms with Crippen LogP contribution in [-0.4, -0.2) is 49.2 Å². The van der Waals surface area contributed by atoms with Gasteiger partial charge < -0.3 is 20.4 Å². The number of methoxy groups -OCH3 is 1. The zero-order valence-corrected chi connectivity index (χ0v) is 12.3. The fourth-order valence-corrected chi connectivity index (χ4v) is 2.03. The fraction of sp³-hybridized carbons (Fsp3) is 0.667. The van der Waals surface area contributed by atoms with Crippen LogP contribution in [0.5, 0.6) is 5.75 Å². The van der Waals surface area contributed by atoms with Gasteiger partial charge in [-0.15, -0.1) is 0 Å². The molecule has 0 unspecified atom stereocenters. The molecule has 0 aliphatic carbocycles. The first-order valence-electron chi connectivity index (χ1n) is 6.14. The minimum Gasteiger partial charge on any atom is -0.490 e. The highest BCUT2D eigenvalue weighted by Gasteiger charge is 2.20. The van der Waals surface area contributed by atoms with Gasteiger partial charge in [-0.3, -0.25) is 0 Å². The molecule has 0 aliphatic rings. The maximum atomic E-state index is 5.39. The standard InChI is InChI=1S/C12H24N6O/c1-12(2,7-18(3)4)6-14-10-9(19-5)11(17-13)16-8-15-10/h8H,6-7,13H2,1-5H3,(H2,14,15,16,17). The fourth-order valence-electron chi connectivity index (χ4n) is 2.03. The summed E-state index contributed by atoms with van der Waals surface area (Å²) in [5, 5.41) is 3.29. The lowest BCUT2D eigenvalue weighted by molar-refractivity contribution is 0.254. The van der Waals surface area contributed by atoms with E-state index in [1.54, 1.807) is 7.11 Å². The minimum atomic E-state index is 0.107. The Morgan fingerprint density at radius 3 is 2.47 bits per heavy atom. The van der Waals surface area contributed by atoms with Gasteiger partial charge in [-0.2, -0.15) is 0 Å². The molecule has 1 rings (SSSR count). The smallest absolute Gasteiger partial charge is 0.205 e. The van der Waals surface area contributed by atoms with Gasteiger partial charge in [0.05, 0.1) is 7.11 Å². The Morgan fingerprint density at radius 2 is 1.95 bits per heavy atom. The Hall–Kier alpha value is -1.60. The molecule has 0 fully saturated rings. The van der Waals surface area contributed by atoms with Crippen molar-refractivity contribution in [1.82, 2.24) is 14.9 Å². The highest BCUT2D eigenvalue weighted by Crippen LogP contribution is 2.29. The summed E-state index contributed by atoms with van der Waals surface area (Å²) in [5.74, 6) is 7.01. The molecule has 0 radical (unpaired) electrons. The molecule has 0 aliphatic heterocycles. The Kier molecular flexibility index (Phi) is 5.31. The van der Waals surface area contributed by atoms with Crippen molar-refractivity contribution in [3.8, 4) is 5.75 Å². The molecule has 0 saturated heterocycles. The molecule has 1 aromatic heterocycles. The number of nitrogens with zero attached hydrogens (tertiary/aromatic N) is 3. The Labute approximate surface area is 114 Å². The van der Waals surface area contributed by atoms with Gasteiger partial charge in [0.15, 0.2) is 11.6 Å². The summed E-state index contributed by atoms with van der Waals surface area (Å²) in [6.07, 6.45) is 1.44. The second-order valence-corrected chi connectivity index (χ2v) is 5.50. The number of nitrogen functional groups attached to an aromatic ring is 1. The number of rotatable bonds is 7. The van der Waals surface area contributed by atoms with Crippen LogP contribution in [0.25, 0.3) is 0 Å². The van der Waals surface area contributed by atoms with E-state index in [2.05, 4.69) is 53.6 Å². The summed E-state index contributed by atoms with van der Waals surface area (Å²) in [5.41, 5.74) is 2.60. The summed E-state index contributed by atoms with van der Waals surface area (Å²) in [6.45, 7) is 6.11. The van der Waals surface area contributed by atoms with Crippen LogP contribution in [-0.2, 0) is 0 Å². The van der Waals surface area contributed by atoms with Crippen LogP contribution in [0.4, 0.5) is 11.6 Å². The Morgan fingerprint density at radius 1 is 1.32 bits per heavy atom. The topological polar surface area (TPSA) is 88.3 Å². The summed E-state index contributed by atoms with van der Waals surface area (Å²) in [4.78, 5) is 10.3. The molecular weight excluding hydrogens is 244 g/mol. The number of ether oxygens (including phenoxy) is 1. The summed E-state index contributed by atoms with van der Waals surface area (Å²) in [6, 6.07) is 0. The second-order valence-electron chi connectivity index (χ2n) is 5.50. The van der Waals surface area contributed by atoms with Crippen LogP contribution in [0, 0.1) is 5.41 Å². The molecule has 0 aromatic carbocycles. The molecule has 108 valence electrons. The predicted octanol–water partition coefficient (Wildman–Crippen LogP) is 0.770. The van der Waals surface area contributed by atoms with Crippen LogP contribution in [0.1, 0.15) is 13.8 Å². The monoisotopic (exact) mass is 268 g/mol. The van der Waals surface area contributed by atoms with E-state index in [-0.39, 0.29) is 5.41 Å². The first-order valence-corrected chi connectivity index (χ1v) is 6.14. The average molecular weight is 268 g/mol. The van der Waals surface area contributed by atoms with E-state index < -0.39 is 0 Å². The lowest BCUT2D eigenvalue weighted by atomic mass is 9.93. The van der Waals surface area contributed by atoms with Gasteiger partial charge in [0, 0.05) is 13.1 Å². The number of hydrogen-bond acceptors (Lipinski definition) is 7. The Balaban J connectivity index is 2.77. The van der Waals surface area contributed by atoms with Crippen molar-refractivity contribution < 1.29 is 4.74 Å². The van der Waals surface area contributed by atoms with E-state index in [1.807, 2.05) is 0 Å². The van der Waals surface area contributed by atoms with Crippen molar-refractivity contribution in [1.29, 1.82) is 0 Å². The van der Waals surface area contributed by atoms with Gasteiger partial charge in [0.2, 0.25) is 5.75 Å². The second kappa shape index (κ2) is 6.53. The molecule has 0 saturated carbocycles. The summed E-state index contributed by atoms with van der Waals surface area (Å²) in [7, 11) is 5.68. The van der Waals surface area contributed by atoms with Gasteiger partial charge in [-0.1, -0.05) is 13.8 Å². The molecule has 0 spiro atoms. The van der Waals surface area contributed by atoms with Crippen LogP contribution in [0.3, 0.4) is 0 Å². The first-order chi connectivity index (χ1) is 8.89. The number of hydrogen-bond donors (Lipinski definition) is 3. The predicted molar refractivity (Wildman–Crippen MR) is 77.2 cm³/mol. The lowest BCUT2D eigenvalue weighted by Gasteiger charge is -2.29. The number of nitrogens with two attached hydrogens (primary N) is 1. The highest BCUT2D eigenvalue weighted by atomic mass is 16.5. The van der Waals surface area contributed by atoms with E-state index in [0.29, 0.717) is 17.4 Å². The molecule has 0 amide bonds. The van der Waals surface area contributed by atoms with Crippen molar-refractivity contribution in [3.05, 3.63) is 6.33 Å². The number of anilines is 2. The van der Waals surface area contributed by atoms with Gasteiger partial charge in [0.25, 0.3) is 0 Å². The van der Waals surface area contributed by atoms with Crippen LogP contribution in [0.2, 0.25) is 0 Å². The zero-order chi connectivity index (χ0) is 14.5. The molecule has 0 atom stereocenters. The third kappa shape index (κ3) is 4.53. The maximum absolute atomic E-state index is 5.39. The molecule has 4 N–H and O–H groups in total. The first kappa shape index (κ1) is 15.5. The van der Waals surface area contributed by atoms with Crippen molar-refractivity contribution in [2.45, 2.75) is 13.8 Å². The third-order valence-electron chi connectivity index (χ3n) is 2.62.